The molecule has 196 valence electrons. The SMILES string of the molecule is Cc1ccc(CC(=O)Nc2cc(-c3ccccc3-c3nn[nH]n3)ccc2Oc2ccccc2C(C)(C)C)cc1. The molecule has 39 heavy (non-hydrogen) atoms. The van der Waals surface area contributed by atoms with Gasteiger partial charge in [0.1, 0.15) is 5.75 Å². The molecule has 1 heterocycles. The molecule has 0 aliphatic heterocycles. The van der Waals surface area contributed by atoms with Gasteiger partial charge < -0.3 is 10.1 Å². The quantitative estimate of drug-likeness (QED) is 0.240. The second-order valence-electron chi connectivity index (χ2n) is 10.6. The summed E-state index contributed by atoms with van der Waals surface area (Å²) in [5.74, 6) is 1.68. The van der Waals surface area contributed by atoms with E-state index in [0.717, 1.165) is 39.1 Å². The Kier molecular flexibility index (Phi) is 7.23. The van der Waals surface area contributed by atoms with Crippen LogP contribution in [0.3, 0.4) is 0 Å². The predicted octanol–water partition coefficient (Wildman–Crippen LogP) is 7.11. The number of amides is 1. The second kappa shape index (κ2) is 10.9. The molecule has 2 N–H and O–H groups in total. The highest BCUT2D eigenvalue weighted by molar-refractivity contribution is 5.95. The molecule has 5 aromatic rings. The van der Waals surface area contributed by atoms with Crippen LogP contribution in [-0.4, -0.2) is 26.5 Å². The highest BCUT2D eigenvalue weighted by Crippen LogP contribution is 2.39. The first-order valence-electron chi connectivity index (χ1n) is 12.9. The van der Waals surface area contributed by atoms with Gasteiger partial charge in [-0.3, -0.25) is 4.79 Å². The topological polar surface area (TPSA) is 92.8 Å². The number of H-pyrrole nitrogens is 1. The van der Waals surface area contributed by atoms with Gasteiger partial charge in [0.05, 0.1) is 12.1 Å². The van der Waals surface area contributed by atoms with Gasteiger partial charge in [0.25, 0.3) is 0 Å². The van der Waals surface area contributed by atoms with Crippen LogP contribution in [-0.2, 0) is 16.6 Å². The Balaban J connectivity index is 1.54. The third-order valence-electron chi connectivity index (χ3n) is 6.48. The molecule has 5 rings (SSSR count). The fourth-order valence-electron chi connectivity index (χ4n) is 4.47. The fourth-order valence-corrected chi connectivity index (χ4v) is 4.47. The van der Waals surface area contributed by atoms with Gasteiger partial charge in [-0.25, -0.2) is 0 Å². The number of hydrogen-bond acceptors (Lipinski definition) is 5. The Morgan fingerprint density at radius 1 is 0.872 bits per heavy atom. The number of benzene rings is 4. The Hall–Kier alpha value is -4.78. The van der Waals surface area contributed by atoms with E-state index in [1.807, 2.05) is 91.9 Å². The first-order valence-corrected chi connectivity index (χ1v) is 12.9. The van der Waals surface area contributed by atoms with Crippen molar-refractivity contribution < 1.29 is 9.53 Å². The molecule has 0 spiro atoms. The minimum absolute atomic E-state index is 0.116. The summed E-state index contributed by atoms with van der Waals surface area (Å²) >= 11 is 0. The van der Waals surface area contributed by atoms with Crippen molar-refractivity contribution in [3.05, 3.63) is 108 Å². The summed E-state index contributed by atoms with van der Waals surface area (Å²) in [6.45, 7) is 8.48. The van der Waals surface area contributed by atoms with Gasteiger partial charge in [-0.05, 0) is 52.4 Å². The summed E-state index contributed by atoms with van der Waals surface area (Å²) in [4.78, 5) is 13.2. The Bertz CT molecular complexity index is 1590. The zero-order valence-electron chi connectivity index (χ0n) is 22.5. The van der Waals surface area contributed by atoms with Gasteiger partial charge in [-0.15, -0.1) is 10.2 Å². The summed E-state index contributed by atoms with van der Waals surface area (Å²) in [7, 11) is 0. The van der Waals surface area contributed by atoms with Crippen LogP contribution in [0.4, 0.5) is 5.69 Å². The Labute approximate surface area is 228 Å². The molecule has 0 unspecified atom stereocenters. The molecule has 0 fully saturated rings. The van der Waals surface area contributed by atoms with Crippen molar-refractivity contribution in [2.45, 2.75) is 39.5 Å². The number of rotatable bonds is 7. The van der Waals surface area contributed by atoms with Gasteiger partial charge in [-0.1, -0.05) is 99.1 Å². The Morgan fingerprint density at radius 2 is 1.59 bits per heavy atom. The first-order chi connectivity index (χ1) is 18.8. The van der Waals surface area contributed by atoms with Crippen molar-refractivity contribution in [2.24, 2.45) is 0 Å². The number of anilines is 1. The van der Waals surface area contributed by atoms with Crippen molar-refractivity contribution in [2.75, 3.05) is 5.32 Å². The molecule has 7 nitrogen and oxygen atoms in total. The number of nitrogens with zero attached hydrogens (tertiary/aromatic N) is 3. The van der Waals surface area contributed by atoms with Crippen molar-refractivity contribution in [1.29, 1.82) is 0 Å². The number of aryl methyl sites for hydroxylation is 1. The standard InChI is InChI=1S/C32H31N5O2/c1-21-13-15-22(16-14-21)19-30(38)33-27-20-23(24-9-5-6-10-25(24)31-34-36-37-35-31)17-18-29(27)39-28-12-8-7-11-26(28)32(2,3)4/h5-18,20H,19H2,1-4H3,(H,33,38)(H,34,35,36,37). The first kappa shape index (κ1) is 25.9. The number of carbonyl (C=O) groups is 1. The molecule has 0 bridgehead atoms. The predicted molar refractivity (Wildman–Crippen MR) is 154 cm³/mol. The minimum Gasteiger partial charge on any atom is -0.455 e. The van der Waals surface area contributed by atoms with E-state index in [4.69, 9.17) is 4.74 Å². The van der Waals surface area contributed by atoms with Crippen LogP contribution in [0, 0.1) is 6.92 Å². The van der Waals surface area contributed by atoms with Crippen molar-refractivity contribution in [3.8, 4) is 34.0 Å². The molecule has 0 aliphatic rings. The second-order valence-corrected chi connectivity index (χ2v) is 10.6. The van der Waals surface area contributed by atoms with E-state index in [1.54, 1.807) is 0 Å². The maximum Gasteiger partial charge on any atom is 0.228 e. The summed E-state index contributed by atoms with van der Waals surface area (Å²) < 4.78 is 6.47. The molecule has 0 atom stereocenters. The number of para-hydroxylation sites is 1. The van der Waals surface area contributed by atoms with Crippen LogP contribution in [0.1, 0.15) is 37.5 Å². The molecular formula is C32H31N5O2. The van der Waals surface area contributed by atoms with Gasteiger partial charge in [-0.2, -0.15) is 5.21 Å². The number of aromatic nitrogens is 4. The van der Waals surface area contributed by atoms with E-state index < -0.39 is 0 Å². The maximum absolute atomic E-state index is 13.2. The number of hydrogen-bond donors (Lipinski definition) is 2. The van der Waals surface area contributed by atoms with Crippen molar-refractivity contribution >= 4 is 11.6 Å². The van der Waals surface area contributed by atoms with E-state index in [1.165, 1.54) is 0 Å². The monoisotopic (exact) mass is 517 g/mol. The molecular weight excluding hydrogens is 486 g/mol. The van der Waals surface area contributed by atoms with Crippen molar-refractivity contribution in [3.63, 3.8) is 0 Å². The van der Waals surface area contributed by atoms with Gasteiger partial charge in [0, 0.05) is 11.1 Å². The number of carbonyl (C=O) groups excluding carboxylic acids is 1. The zero-order chi connectivity index (χ0) is 27.4. The summed E-state index contributed by atoms with van der Waals surface area (Å²) in [6.07, 6.45) is 0.252. The van der Waals surface area contributed by atoms with Crippen molar-refractivity contribution in [1.82, 2.24) is 20.6 Å². The molecule has 1 aromatic heterocycles. The minimum atomic E-state index is -0.128. The van der Waals surface area contributed by atoms with E-state index in [0.29, 0.717) is 17.3 Å². The van der Waals surface area contributed by atoms with E-state index in [2.05, 4.69) is 52.8 Å². The molecule has 7 heteroatoms. The average Bonchev–Trinajstić information content (AvgIpc) is 3.46. The molecule has 0 radical (unpaired) electrons. The molecule has 0 saturated heterocycles. The third-order valence-corrected chi connectivity index (χ3v) is 6.48. The molecule has 1 amide bonds. The number of aromatic amines is 1. The van der Waals surface area contributed by atoms with Crippen LogP contribution < -0.4 is 10.1 Å². The van der Waals surface area contributed by atoms with E-state index in [9.17, 15) is 4.79 Å². The van der Waals surface area contributed by atoms with Crippen LogP contribution in [0.15, 0.2) is 91.0 Å². The highest BCUT2D eigenvalue weighted by atomic mass is 16.5. The van der Waals surface area contributed by atoms with Crippen LogP contribution in [0.5, 0.6) is 11.5 Å². The number of nitrogens with one attached hydrogen (secondary N) is 2. The van der Waals surface area contributed by atoms with Crippen LogP contribution >= 0.6 is 0 Å². The van der Waals surface area contributed by atoms with Gasteiger partial charge >= 0.3 is 0 Å². The Morgan fingerprint density at radius 3 is 2.31 bits per heavy atom. The van der Waals surface area contributed by atoms with Gasteiger partial charge in [0.15, 0.2) is 5.75 Å². The molecule has 4 aromatic carbocycles. The summed E-state index contributed by atoms with van der Waals surface area (Å²) in [6, 6.07) is 29.6. The van der Waals surface area contributed by atoms with E-state index >= 15 is 0 Å². The third kappa shape index (κ3) is 6.04. The lowest BCUT2D eigenvalue weighted by Gasteiger charge is -2.23. The normalized spacial score (nSPS) is 11.3. The number of tetrazole rings is 1. The van der Waals surface area contributed by atoms with Crippen LogP contribution in [0.2, 0.25) is 0 Å². The van der Waals surface area contributed by atoms with Gasteiger partial charge in [0.2, 0.25) is 11.7 Å². The lowest BCUT2D eigenvalue weighted by molar-refractivity contribution is -0.115. The smallest absolute Gasteiger partial charge is 0.228 e. The maximum atomic E-state index is 13.2. The summed E-state index contributed by atoms with van der Waals surface area (Å²) in [5, 5.41) is 17.7. The molecule has 0 aliphatic carbocycles. The molecule has 0 saturated carbocycles. The lowest BCUT2D eigenvalue weighted by atomic mass is 9.86. The fraction of sp³-hybridized carbons (Fsp3) is 0.188. The zero-order valence-corrected chi connectivity index (χ0v) is 22.5. The largest absolute Gasteiger partial charge is 0.455 e. The summed E-state index contributed by atoms with van der Waals surface area (Å²) in [5.41, 5.74) is 6.26. The highest BCUT2D eigenvalue weighted by Gasteiger charge is 2.21. The average molecular weight is 518 g/mol. The van der Waals surface area contributed by atoms with Crippen LogP contribution in [0.25, 0.3) is 22.5 Å². The van der Waals surface area contributed by atoms with E-state index in [-0.39, 0.29) is 17.7 Å². The number of ether oxygens (including phenoxy) is 1. The lowest BCUT2D eigenvalue weighted by Crippen LogP contribution is -2.15.